The fraction of sp³-hybridized carbons (Fsp3) is 0.375. The first-order chi connectivity index (χ1) is 11.2. The average Bonchev–Trinajstić information content (AvgIpc) is 2.75. The Hall–Kier alpha value is -2.74. The largest absolute Gasteiger partial charge is 0.466 e. The molecule has 1 aliphatic rings. The van der Waals surface area contributed by atoms with Crippen molar-refractivity contribution in [1.29, 1.82) is 0 Å². The van der Waals surface area contributed by atoms with Crippen LogP contribution in [0.2, 0.25) is 0 Å². The number of ether oxygens (including phenoxy) is 1. The van der Waals surface area contributed by atoms with E-state index in [1.165, 1.54) is 4.90 Å². The van der Waals surface area contributed by atoms with Gasteiger partial charge in [-0.2, -0.15) is 0 Å². The fourth-order valence-corrected chi connectivity index (χ4v) is 2.80. The van der Waals surface area contributed by atoms with Crippen molar-refractivity contribution in [3.8, 4) is 0 Å². The number of carbonyl (C=O) groups is 2. The molecule has 8 nitrogen and oxygen atoms in total. The summed E-state index contributed by atoms with van der Waals surface area (Å²) < 4.78 is 4.68. The third-order valence-electron chi connectivity index (χ3n) is 3.77. The second-order valence-electron chi connectivity index (χ2n) is 5.70. The Morgan fingerprint density at radius 1 is 1.38 bits per heavy atom. The highest BCUT2D eigenvalue weighted by Gasteiger charge is 2.59. The lowest BCUT2D eigenvalue weighted by molar-refractivity contribution is -0.494. The molecule has 1 aromatic rings. The van der Waals surface area contributed by atoms with Gasteiger partial charge in [0, 0.05) is 11.0 Å². The summed E-state index contributed by atoms with van der Waals surface area (Å²) in [6.45, 7) is 2.26. The van der Waals surface area contributed by atoms with Gasteiger partial charge in [0.25, 0.3) is 5.91 Å². The molecule has 0 saturated carbocycles. The molecule has 1 amide bonds. The maximum absolute atomic E-state index is 12.7. The summed E-state index contributed by atoms with van der Waals surface area (Å²) in [7, 11) is 1.09. The summed E-state index contributed by atoms with van der Waals surface area (Å²) in [4.78, 5) is 36.4. The minimum Gasteiger partial charge on any atom is -0.466 e. The molecule has 24 heavy (non-hydrogen) atoms. The van der Waals surface area contributed by atoms with E-state index < -0.39 is 40.6 Å². The van der Waals surface area contributed by atoms with Gasteiger partial charge in [-0.15, -0.1) is 0 Å². The highest BCUT2D eigenvalue weighted by molar-refractivity contribution is 6.15. The molecule has 0 unspecified atom stereocenters. The van der Waals surface area contributed by atoms with Gasteiger partial charge in [0.1, 0.15) is 5.57 Å². The molecule has 1 atom stereocenters. The number of nitro groups is 1. The van der Waals surface area contributed by atoms with E-state index in [4.69, 9.17) is 0 Å². The Labute approximate surface area is 138 Å². The predicted octanol–water partition coefficient (Wildman–Crippen LogP) is 0.829. The van der Waals surface area contributed by atoms with Gasteiger partial charge in [0.15, 0.2) is 0 Å². The van der Waals surface area contributed by atoms with Crippen molar-refractivity contribution in [2.24, 2.45) is 0 Å². The summed E-state index contributed by atoms with van der Waals surface area (Å²) in [5.41, 5.74) is -2.36. The highest BCUT2D eigenvalue weighted by atomic mass is 16.6. The zero-order valence-corrected chi connectivity index (χ0v) is 13.6. The molecule has 1 heterocycles. The van der Waals surface area contributed by atoms with Gasteiger partial charge < -0.3 is 14.7 Å². The summed E-state index contributed by atoms with van der Waals surface area (Å²) in [6, 6.07) is 8.03. The van der Waals surface area contributed by atoms with Gasteiger partial charge in [0.05, 0.1) is 12.8 Å². The minimum atomic E-state index is -2.56. The number of rotatable bonds is 5. The molecule has 0 fully saturated rings. The zero-order valence-electron chi connectivity index (χ0n) is 13.6. The number of amides is 1. The lowest BCUT2D eigenvalue weighted by Crippen LogP contribution is -2.50. The molecule has 0 saturated heterocycles. The van der Waals surface area contributed by atoms with Gasteiger partial charge in [0.2, 0.25) is 12.1 Å². The van der Waals surface area contributed by atoms with Crippen LogP contribution in [-0.2, 0) is 14.3 Å². The van der Waals surface area contributed by atoms with E-state index in [-0.39, 0.29) is 5.70 Å². The monoisotopic (exact) mass is 334 g/mol. The molecule has 1 aromatic carbocycles. The Bertz CT molecular complexity index is 713. The average molecular weight is 334 g/mol. The molecule has 8 heteroatoms. The van der Waals surface area contributed by atoms with Crippen LogP contribution in [0, 0.1) is 10.1 Å². The van der Waals surface area contributed by atoms with Crippen molar-refractivity contribution in [3.05, 3.63) is 51.6 Å². The van der Waals surface area contributed by atoms with Crippen LogP contribution >= 0.6 is 0 Å². The standard InChI is InChI=1S/C16H18N2O6/c1-10(2)18-13(11-7-5-4-6-8-11)12(14(19)24-3)16(21,15(18)20)9-17(22)23/h4-8,10,21H,9H2,1-3H3/t16-/m1/s1. The van der Waals surface area contributed by atoms with Crippen LogP contribution in [-0.4, -0.2) is 52.1 Å². The second kappa shape index (κ2) is 6.40. The van der Waals surface area contributed by atoms with Crippen LogP contribution in [0.15, 0.2) is 35.9 Å². The highest BCUT2D eigenvalue weighted by Crippen LogP contribution is 2.40. The number of aliphatic hydroxyl groups is 1. The normalized spacial score (nSPS) is 20.7. The number of hydrogen-bond donors (Lipinski definition) is 1. The fourth-order valence-electron chi connectivity index (χ4n) is 2.80. The molecular formula is C16H18N2O6. The molecule has 0 aromatic heterocycles. The van der Waals surface area contributed by atoms with Crippen molar-refractivity contribution >= 4 is 17.6 Å². The van der Waals surface area contributed by atoms with Gasteiger partial charge in [-0.3, -0.25) is 14.9 Å². The van der Waals surface area contributed by atoms with Crippen molar-refractivity contribution in [1.82, 2.24) is 4.90 Å². The molecule has 0 bridgehead atoms. The van der Waals surface area contributed by atoms with Crippen molar-refractivity contribution in [3.63, 3.8) is 0 Å². The summed E-state index contributed by atoms with van der Waals surface area (Å²) in [6.07, 6.45) is 0. The third-order valence-corrected chi connectivity index (χ3v) is 3.77. The lowest BCUT2D eigenvalue weighted by atomic mass is 9.93. The zero-order chi connectivity index (χ0) is 18.1. The van der Waals surface area contributed by atoms with E-state index in [1.54, 1.807) is 44.2 Å². The summed E-state index contributed by atoms with van der Waals surface area (Å²) in [5.74, 6) is -1.89. The van der Waals surface area contributed by atoms with Crippen LogP contribution in [0.5, 0.6) is 0 Å². The number of methoxy groups -OCH3 is 1. The van der Waals surface area contributed by atoms with Gasteiger partial charge in [-0.25, -0.2) is 4.79 Å². The van der Waals surface area contributed by atoms with Crippen LogP contribution < -0.4 is 0 Å². The molecule has 0 aliphatic carbocycles. The quantitative estimate of drug-likeness (QED) is 0.485. The summed E-state index contributed by atoms with van der Waals surface area (Å²) >= 11 is 0. The van der Waals surface area contributed by atoms with E-state index >= 15 is 0 Å². The molecule has 0 radical (unpaired) electrons. The third kappa shape index (κ3) is 2.76. The maximum atomic E-state index is 12.7. The summed E-state index contributed by atoms with van der Waals surface area (Å²) in [5, 5.41) is 21.7. The minimum absolute atomic E-state index is 0.131. The van der Waals surface area contributed by atoms with Crippen LogP contribution in [0.3, 0.4) is 0 Å². The van der Waals surface area contributed by atoms with E-state index in [0.717, 1.165) is 7.11 Å². The number of carbonyl (C=O) groups excluding carboxylic acids is 2. The Kier molecular flexibility index (Phi) is 4.70. The molecule has 1 aliphatic heterocycles. The predicted molar refractivity (Wildman–Crippen MR) is 84.2 cm³/mol. The number of nitrogens with zero attached hydrogens (tertiary/aromatic N) is 2. The second-order valence-corrected chi connectivity index (χ2v) is 5.70. The number of hydrogen-bond acceptors (Lipinski definition) is 6. The first kappa shape index (κ1) is 17.6. The smallest absolute Gasteiger partial charge is 0.339 e. The number of esters is 1. The topological polar surface area (TPSA) is 110 Å². The van der Waals surface area contributed by atoms with Gasteiger partial charge in [-0.05, 0) is 19.4 Å². The SMILES string of the molecule is COC(=O)C1=C(c2ccccc2)N(C(C)C)C(=O)[C@@]1(O)C[N+](=O)[O-]. The molecule has 0 spiro atoms. The lowest BCUT2D eigenvalue weighted by Gasteiger charge is -2.26. The molecule has 1 N–H and O–H groups in total. The molecule has 2 rings (SSSR count). The van der Waals surface area contributed by atoms with E-state index in [1.807, 2.05) is 0 Å². The van der Waals surface area contributed by atoms with E-state index in [0.29, 0.717) is 5.56 Å². The first-order valence-electron chi connectivity index (χ1n) is 7.30. The first-order valence-corrected chi connectivity index (χ1v) is 7.30. The van der Waals surface area contributed by atoms with E-state index in [9.17, 15) is 24.8 Å². The Morgan fingerprint density at radius 3 is 2.42 bits per heavy atom. The maximum Gasteiger partial charge on any atom is 0.339 e. The van der Waals surface area contributed by atoms with E-state index in [2.05, 4.69) is 4.74 Å². The van der Waals surface area contributed by atoms with Crippen LogP contribution in [0.1, 0.15) is 19.4 Å². The van der Waals surface area contributed by atoms with Crippen molar-refractivity contribution in [2.45, 2.75) is 25.5 Å². The van der Waals surface area contributed by atoms with Gasteiger partial charge in [-0.1, -0.05) is 30.3 Å². The van der Waals surface area contributed by atoms with Gasteiger partial charge >= 0.3 is 5.97 Å². The Balaban J connectivity index is 2.80. The van der Waals surface area contributed by atoms with Crippen LogP contribution in [0.4, 0.5) is 0 Å². The molecular weight excluding hydrogens is 316 g/mol. The van der Waals surface area contributed by atoms with Crippen molar-refractivity contribution in [2.75, 3.05) is 13.7 Å². The number of benzene rings is 1. The van der Waals surface area contributed by atoms with Crippen LogP contribution in [0.25, 0.3) is 5.70 Å². The molecule has 128 valence electrons. The van der Waals surface area contributed by atoms with Crippen molar-refractivity contribution < 1.29 is 24.4 Å². The Morgan fingerprint density at radius 2 is 1.96 bits per heavy atom.